The van der Waals surface area contributed by atoms with E-state index in [9.17, 15) is 12.8 Å². The van der Waals surface area contributed by atoms with Gasteiger partial charge in [0.25, 0.3) is 0 Å². The highest BCUT2D eigenvalue weighted by Crippen LogP contribution is 2.24. The minimum absolute atomic E-state index is 0.121. The molecular formula is C15H18FN3O2S. The molecule has 1 aromatic carbocycles. The second-order valence-electron chi connectivity index (χ2n) is 5.85. The summed E-state index contributed by atoms with van der Waals surface area (Å²) in [4.78, 5) is 4.29. The van der Waals surface area contributed by atoms with Crippen molar-refractivity contribution in [1.29, 1.82) is 5.26 Å². The molecule has 1 atom stereocenters. The Labute approximate surface area is 129 Å². The monoisotopic (exact) mass is 323 g/mol. The maximum Gasteiger partial charge on any atom is 0.151 e. The molecule has 2 fully saturated rings. The fraction of sp³-hybridized carbons (Fsp3) is 0.533. The van der Waals surface area contributed by atoms with Crippen molar-refractivity contribution in [3.8, 4) is 6.07 Å². The third-order valence-electron chi connectivity index (χ3n) is 4.46. The number of anilines is 1. The van der Waals surface area contributed by atoms with Gasteiger partial charge in [-0.3, -0.25) is 4.90 Å². The van der Waals surface area contributed by atoms with Crippen LogP contribution >= 0.6 is 0 Å². The molecule has 1 aromatic rings. The number of sulfone groups is 1. The predicted molar refractivity (Wildman–Crippen MR) is 82.0 cm³/mol. The van der Waals surface area contributed by atoms with Crippen LogP contribution in [-0.4, -0.2) is 57.0 Å². The molecule has 7 heteroatoms. The molecule has 0 spiro atoms. The average Bonchev–Trinajstić information content (AvgIpc) is 2.87. The van der Waals surface area contributed by atoms with Crippen molar-refractivity contribution >= 4 is 15.5 Å². The minimum Gasteiger partial charge on any atom is -0.368 e. The number of piperazine rings is 1. The number of benzene rings is 1. The van der Waals surface area contributed by atoms with Gasteiger partial charge in [0.1, 0.15) is 11.9 Å². The van der Waals surface area contributed by atoms with Crippen molar-refractivity contribution in [3.63, 3.8) is 0 Å². The van der Waals surface area contributed by atoms with Crippen molar-refractivity contribution in [3.05, 3.63) is 29.6 Å². The van der Waals surface area contributed by atoms with Crippen molar-refractivity contribution in [1.82, 2.24) is 4.90 Å². The Morgan fingerprint density at radius 1 is 1.23 bits per heavy atom. The van der Waals surface area contributed by atoms with Crippen LogP contribution in [0.5, 0.6) is 0 Å². The predicted octanol–water partition coefficient (Wildman–Crippen LogP) is 1.01. The van der Waals surface area contributed by atoms with E-state index in [1.165, 1.54) is 12.1 Å². The van der Waals surface area contributed by atoms with Crippen molar-refractivity contribution in [2.45, 2.75) is 12.5 Å². The Bertz CT molecular complexity index is 706. The van der Waals surface area contributed by atoms with Gasteiger partial charge in [-0.15, -0.1) is 0 Å². The number of nitriles is 1. The Hall–Kier alpha value is -1.65. The molecule has 0 aromatic heterocycles. The van der Waals surface area contributed by atoms with Crippen molar-refractivity contribution in [2.24, 2.45) is 0 Å². The van der Waals surface area contributed by atoms with Crippen LogP contribution in [-0.2, 0) is 9.84 Å². The molecule has 0 bridgehead atoms. The van der Waals surface area contributed by atoms with Crippen LogP contribution in [0.15, 0.2) is 18.2 Å². The molecule has 5 nitrogen and oxygen atoms in total. The van der Waals surface area contributed by atoms with E-state index in [1.807, 2.05) is 6.07 Å². The Kier molecular flexibility index (Phi) is 4.06. The van der Waals surface area contributed by atoms with Gasteiger partial charge in [-0.05, 0) is 24.6 Å². The van der Waals surface area contributed by atoms with Gasteiger partial charge in [0, 0.05) is 32.2 Å². The number of halogens is 1. The lowest BCUT2D eigenvalue weighted by atomic mass is 10.1. The highest BCUT2D eigenvalue weighted by molar-refractivity contribution is 7.91. The third-order valence-corrected chi connectivity index (χ3v) is 6.21. The maximum absolute atomic E-state index is 13.2. The maximum atomic E-state index is 13.2. The smallest absolute Gasteiger partial charge is 0.151 e. The summed E-state index contributed by atoms with van der Waals surface area (Å²) in [5.41, 5.74) is 1.10. The number of hydrogen-bond donors (Lipinski definition) is 0. The first-order valence-electron chi connectivity index (χ1n) is 7.37. The zero-order valence-corrected chi connectivity index (χ0v) is 13.0. The average molecular weight is 323 g/mol. The van der Waals surface area contributed by atoms with Gasteiger partial charge >= 0.3 is 0 Å². The Morgan fingerprint density at radius 2 is 1.95 bits per heavy atom. The van der Waals surface area contributed by atoms with E-state index in [4.69, 9.17) is 5.26 Å². The molecule has 1 unspecified atom stereocenters. The van der Waals surface area contributed by atoms with E-state index < -0.39 is 15.7 Å². The van der Waals surface area contributed by atoms with Gasteiger partial charge in [-0.2, -0.15) is 5.26 Å². The van der Waals surface area contributed by atoms with Crippen LogP contribution in [0.3, 0.4) is 0 Å². The van der Waals surface area contributed by atoms with E-state index in [-0.39, 0.29) is 17.5 Å². The molecular weight excluding hydrogens is 305 g/mol. The van der Waals surface area contributed by atoms with Crippen LogP contribution in [0, 0.1) is 17.1 Å². The number of nitrogens with zero attached hydrogens (tertiary/aromatic N) is 3. The van der Waals surface area contributed by atoms with Gasteiger partial charge in [0.2, 0.25) is 0 Å². The molecule has 0 amide bonds. The normalized spacial score (nSPS) is 25.1. The second-order valence-corrected chi connectivity index (χ2v) is 8.08. The van der Waals surface area contributed by atoms with Crippen LogP contribution in [0.2, 0.25) is 0 Å². The summed E-state index contributed by atoms with van der Waals surface area (Å²) < 4.78 is 36.4. The van der Waals surface area contributed by atoms with Crippen molar-refractivity contribution < 1.29 is 12.8 Å². The largest absolute Gasteiger partial charge is 0.368 e. The molecule has 0 N–H and O–H groups in total. The highest BCUT2D eigenvalue weighted by Gasteiger charge is 2.33. The fourth-order valence-corrected chi connectivity index (χ4v) is 5.03. The molecule has 2 aliphatic rings. The van der Waals surface area contributed by atoms with Crippen LogP contribution in [0.4, 0.5) is 10.1 Å². The quantitative estimate of drug-likeness (QED) is 0.813. The summed E-state index contributed by atoms with van der Waals surface area (Å²) in [6.45, 7) is 2.97. The number of hydrogen-bond acceptors (Lipinski definition) is 5. The molecule has 0 saturated carbocycles. The SMILES string of the molecule is N#Cc1cc(F)ccc1N1CCN(C2CCS(=O)(=O)C2)CC1. The van der Waals surface area contributed by atoms with Gasteiger partial charge in [-0.25, -0.2) is 12.8 Å². The fourth-order valence-electron chi connectivity index (χ4n) is 3.26. The van der Waals surface area contributed by atoms with E-state index in [0.29, 0.717) is 12.0 Å². The molecule has 0 radical (unpaired) electrons. The highest BCUT2D eigenvalue weighted by atomic mass is 32.2. The first-order valence-corrected chi connectivity index (χ1v) is 9.20. The van der Waals surface area contributed by atoms with E-state index >= 15 is 0 Å². The minimum atomic E-state index is -2.87. The van der Waals surface area contributed by atoms with Gasteiger partial charge < -0.3 is 4.90 Å². The van der Waals surface area contributed by atoms with Crippen LogP contribution in [0.25, 0.3) is 0 Å². The summed E-state index contributed by atoms with van der Waals surface area (Å²) in [6, 6.07) is 6.42. The molecule has 22 heavy (non-hydrogen) atoms. The zero-order valence-electron chi connectivity index (χ0n) is 12.2. The summed E-state index contributed by atoms with van der Waals surface area (Å²) >= 11 is 0. The second kappa shape index (κ2) is 5.86. The summed E-state index contributed by atoms with van der Waals surface area (Å²) in [5, 5.41) is 9.14. The lowest BCUT2D eigenvalue weighted by molar-refractivity contribution is 0.200. The van der Waals surface area contributed by atoms with Gasteiger partial charge in [0.15, 0.2) is 9.84 Å². The molecule has 0 aliphatic carbocycles. The summed E-state index contributed by atoms with van der Waals surface area (Å²) in [5.74, 6) is 0.136. The first kappa shape index (κ1) is 15.3. The third kappa shape index (κ3) is 3.08. The van der Waals surface area contributed by atoms with Crippen LogP contribution in [0.1, 0.15) is 12.0 Å². The van der Waals surface area contributed by atoms with Crippen molar-refractivity contribution in [2.75, 3.05) is 42.6 Å². The van der Waals surface area contributed by atoms with E-state index in [0.717, 1.165) is 31.9 Å². The van der Waals surface area contributed by atoms with Gasteiger partial charge in [-0.1, -0.05) is 0 Å². The van der Waals surface area contributed by atoms with Crippen LogP contribution < -0.4 is 4.90 Å². The Morgan fingerprint density at radius 3 is 2.55 bits per heavy atom. The zero-order chi connectivity index (χ0) is 15.7. The van der Waals surface area contributed by atoms with E-state index in [1.54, 1.807) is 6.07 Å². The lowest BCUT2D eigenvalue weighted by Crippen LogP contribution is -2.51. The summed E-state index contributed by atoms with van der Waals surface area (Å²) in [7, 11) is -2.87. The standard InChI is InChI=1S/C15H18FN3O2S/c16-13-1-2-15(12(9-13)10-17)19-6-4-18(5-7-19)14-3-8-22(20,21)11-14/h1-2,9,14H,3-8,11H2. The Balaban J connectivity index is 1.66. The molecule has 2 saturated heterocycles. The topological polar surface area (TPSA) is 64.4 Å². The lowest BCUT2D eigenvalue weighted by Gasteiger charge is -2.39. The molecule has 2 heterocycles. The number of rotatable bonds is 2. The molecule has 118 valence electrons. The van der Waals surface area contributed by atoms with E-state index in [2.05, 4.69) is 9.80 Å². The van der Waals surface area contributed by atoms with Gasteiger partial charge in [0.05, 0.1) is 22.8 Å². The first-order chi connectivity index (χ1) is 10.5. The summed E-state index contributed by atoms with van der Waals surface area (Å²) in [6.07, 6.45) is 0.711. The molecule has 3 rings (SSSR count). The molecule has 2 aliphatic heterocycles.